The van der Waals surface area contributed by atoms with Crippen LogP contribution in [0, 0.1) is 0 Å². The van der Waals surface area contributed by atoms with Gasteiger partial charge in [0.1, 0.15) is 9.57 Å². The van der Waals surface area contributed by atoms with Gasteiger partial charge in [-0.25, -0.2) is 18.5 Å². The summed E-state index contributed by atoms with van der Waals surface area (Å²) in [6.45, 7) is 5.22. The first-order valence-corrected chi connectivity index (χ1v) is 11.5. The van der Waals surface area contributed by atoms with Gasteiger partial charge in [-0.2, -0.15) is 0 Å². The highest BCUT2D eigenvalue weighted by atomic mass is 32.2. The van der Waals surface area contributed by atoms with Crippen molar-refractivity contribution in [2.24, 2.45) is 5.14 Å². The molecule has 3 atom stereocenters. The van der Waals surface area contributed by atoms with E-state index < -0.39 is 15.3 Å². The van der Waals surface area contributed by atoms with Gasteiger partial charge in [0.2, 0.25) is 21.8 Å². The molecule has 2 fully saturated rings. The van der Waals surface area contributed by atoms with Crippen molar-refractivity contribution >= 4 is 55.8 Å². The molecule has 0 radical (unpaired) electrons. The molecule has 8 nitrogen and oxygen atoms in total. The van der Waals surface area contributed by atoms with Gasteiger partial charge >= 0.3 is 0 Å². The molecule has 0 aromatic heterocycles. The fourth-order valence-corrected chi connectivity index (χ4v) is 5.26. The van der Waals surface area contributed by atoms with Crippen LogP contribution < -0.4 is 10.0 Å². The number of sulfonamides is 1. The highest BCUT2D eigenvalue weighted by molar-refractivity contribution is 8.23. The summed E-state index contributed by atoms with van der Waals surface area (Å²) in [5.74, 6) is -0.715. The van der Waals surface area contributed by atoms with Crippen molar-refractivity contribution in [3.8, 4) is 0 Å². The Morgan fingerprint density at radius 1 is 1.18 bits per heavy atom. The van der Waals surface area contributed by atoms with Gasteiger partial charge in [-0.1, -0.05) is 24.0 Å². The average molecular weight is 444 g/mol. The first-order chi connectivity index (χ1) is 13.1. The van der Waals surface area contributed by atoms with E-state index >= 15 is 0 Å². The van der Waals surface area contributed by atoms with Gasteiger partial charge in [-0.15, -0.1) is 0 Å². The summed E-state index contributed by atoms with van der Waals surface area (Å²) in [5, 5.41) is 4.47. The van der Waals surface area contributed by atoms with E-state index in [-0.39, 0.29) is 35.3 Å². The number of hydrogen-bond donors (Lipinski definition) is 1. The zero-order chi connectivity index (χ0) is 20.6. The Morgan fingerprint density at radius 3 is 2.29 bits per heavy atom. The van der Waals surface area contributed by atoms with Crippen LogP contribution in [-0.4, -0.2) is 60.0 Å². The number of imide groups is 1. The summed E-state index contributed by atoms with van der Waals surface area (Å²) in [6.07, 6.45) is 0.116. The standard InChI is InChI=1S/C17H21N3O5S3/c1-10-8-19(9-11(2)25-10)17(26)27-14-7-15(21)20(16(14)22)12-3-5-13(6-4-12)28(18,23)24/h3-6,10-11,14H,7-9H2,1-2H3,(H2,18,23,24)/t10-,11-,14-/m1/s1. The lowest BCUT2D eigenvalue weighted by Crippen LogP contribution is -2.47. The lowest BCUT2D eigenvalue weighted by atomic mass is 10.2. The number of primary sulfonamides is 1. The van der Waals surface area contributed by atoms with Crippen LogP contribution in [-0.2, 0) is 24.3 Å². The number of morpholine rings is 1. The molecule has 152 valence electrons. The maximum absolute atomic E-state index is 12.8. The SMILES string of the molecule is C[C@@H]1CN(C(=S)S[C@@H]2CC(=O)N(c3ccc(S(N)(=O)=O)cc3)C2=O)C[C@@H](C)O1. The molecule has 0 saturated carbocycles. The van der Waals surface area contributed by atoms with E-state index in [2.05, 4.69) is 0 Å². The molecule has 2 amide bonds. The molecule has 0 aliphatic carbocycles. The minimum absolute atomic E-state index is 0.0377. The largest absolute Gasteiger partial charge is 0.372 e. The van der Waals surface area contributed by atoms with Gasteiger partial charge in [0.05, 0.1) is 22.8 Å². The summed E-state index contributed by atoms with van der Waals surface area (Å²) in [7, 11) is -3.84. The molecule has 0 bridgehead atoms. The minimum atomic E-state index is -3.84. The van der Waals surface area contributed by atoms with E-state index in [9.17, 15) is 18.0 Å². The van der Waals surface area contributed by atoms with Crippen molar-refractivity contribution in [3.05, 3.63) is 24.3 Å². The zero-order valence-corrected chi connectivity index (χ0v) is 17.9. The molecule has 2 heterocycles. The van der Waals surface area contributed by atoms with Gasteiger partial charge in [0.25, 0.3) is 0 Å². The van der Waals surface area contributed by atoms with E-state index in [4.69, 9.17) is 22.1 Å². The van der Waals surface area contributed by atoms with Crippen molar-refractivity contribution in [2.75, 3.05) is 18.0 Å². The number of anilines is 1. The molecule has 11 heteroatoms. The highest BCUT2D eigenvalue weighted by Gasteiger charge is 2.41. The Hall–Kier alpha value is -1.53. The quantitative estimate of drug-likeness (QED) is 0.546. The van der Waals surface area contributed by atoms with Crippen LogP contribution in [0.2, 0.25) is 0 Å². The normalized spacial score (nSPS) is 26.0. The molecular weight excluding hydrogens is 422 g/mol. The fourth-order valence-electron chi connectivity index (χ4n) is 3.28. The molecule has 3 rings (SSSR count). The summed E-state index contributed by atoms with van der Waals surface area (Å²) >= 11 is 6.70. The van der Waals surface area contributed by atoms with Crippen molar-refractivity contribution in [1.82, 2.24) is 4.90 Å². The van der Waals surface area contributed by atoms with Crippen LogP contribution in [0.1, 0.15) is 20.3 Å². The topological polar surface area (TPSA) is 110 Å². The minimum Gasteiger partial charge on any atom is -0.372 e. The molecule has 1 aromatic carbocycles. The predicted octanol–water partition coefficient (Wildman–Crippen LogP) is 1.09. The zero-order valence-electron chi connectivity index (χ0n) is 15.4. The summed E-state index contributed by atoms with van der Waals surface area (Å²) in [4.78, 5) is 28.2. The Kier molecular flexibility index (Phi) is 6.11. The van der Waals surface area contributed by atoms with Gasteiger partial charge in [0, 0.05) is 19.5 Å². The number of nitrogens with two attached hydrogens (primary N) is 1. The number of hydrogen-bond acceptors (Lipinski definition) is 7. The second-order valence-corrected chi connectivity index (χ2v) is 10.2. The van der Waals surface area contributed by atoms with Crippen molar-refractivity contribution in [3.63, 3.8) is 0 Å². The van der Waals surface area contributed by atoms with Crippen LogP contribution in [0.5, 0.6) is 0 Å². The lowest BCUT2D eigenvalue weighted by Gasteiger charge is -2.36. The van der Waals surface area contributed by atoms with Crippen LogP contribution >= 0.6 is 24.0 Å². The molecule has 2 aliphatic heterocycles. The van der Waals surface area contributed by atoms with Crippen LogP contribution in [0.4, 0.5) is 5.69 Å². The number of benzene rings is 1. The smallest absolute Gasteiger partial charge is 0.247 e. The third kappa shape index (κ3) is 4.54. The Bertz CT molecular complexity index is 893. The number of thioether (sulfide) groups is 1. The number of rotatable bonds is 3. The molecule has 28 heavy (non-hydrogen) atoms. The number of carbonyl (C=O) groups excluding carboxylic acids is 2. The Labute approximate surface area is 173 Å². The monoisotopic (exact) mass is 443 g/mol. The summed E-state index contributed by atoms with van der Waals surface area (Å²) in [5.41, 5.74) is 0.310. The van der Waals surface area contributed by atoms with E-state index in [1.54, 1.807) is 0 Å². The summed E-state index contributed by atoms with van der Waals surface area (Å²) in [6, 6.07) is 5.33. The first-order valence-electron chi connectivity index (χ1n) is 8.67. The van der Waals surface area contributed by atoms with Crippen LogP contribution in [0.3, 0.4) is 0 Å². The predicted molar refractivity (Wildman–Crippen MR) is 110 cm³/mol. The molecule has 0 spiro atoms. The molecule has 2 N–H and O–H groups in total. The molecule has 2 aliphatic rings. The van der Waals surface area contributed by atoms with E-state index in [1.165, 1.54) is 36.0 Å². The lowest BCUT2D eigenvalue weighted by molar-refractivity contribution is -0.121. The van der Waals surface area contributed by atoms with Crippen molar-refractivity contribution in [1.29, 1.82) is 0 Å². The third-order valence-corrected chi connectivity index (χ3v) is 7.04. The van der Waals surface area contributed by atoms with Gasteiger partial charge < -0.3 is 9.64 Å². The maximum Gasteiger partial charge on any atom is 0.247 e. The fraction of sp³-hybridized carbons (Fsp3) is 0.471. The van der Waals surface area contributed by atoms with E-state index in [1.807, 2.05) is 18.7 Å². The highest BCUT2D eigenvalue weighted by Crippen LogP contribution is 2.32. The number of amides is 2. The molecular formula is C17H21N3O5S3. The third-order valence-electron chi connectivity index (χ3n) is 4.45. The van der Waals surface area contributed by atoms with Crippen molar-refractivity contribution < 1.29 is 22.7 Å². The number of ether oxygens (including phenoxy) is 1. The second-order valence-electron chi connectivity index (χ2n) is 6.85. The Balaban J connectivity index is 1.70. The number of thiocarbonyl (C=S) groups is 1. The second kappa shape index (κ2) is 8.07. The van der Waals surface area contributed by atoms with Gasteiger partial charge in [0.15, 0.2) is 0 Å². The maximum atomic E-state index is 12.8. The van der Waals surface area contributed by atoms with Crippen LogP contribution in [0.25, 0.3) is 0 Å². The Morgan fingerprint density at radius 2 is 1.75 bits per heavy atom. The van der Waals surface area contributed by atoms with E-state index in [0.29, 0.717) is 23.1 Å². The first kappa shape index (κ1) is 21.2. The number of carbonyl (C=O) groups is 2. The molecule has 0 unspecified atom stereocenters. The average Bonchev–Trinajstić information content (AvgIpc) is 2.87. The summed E-state index contributed by atoms with van der Waals surface area (Å²) < 4.78 is 29.0. The number of nitrogens with zero attached hydrogens (tertiary/aromatic N) is 2. The van der Waals surface area contributed by atoms with Gasteiger partial charge in [-0.3, -0.25) is 9.59 Å². The van der Waals surface area contributed by atoms with Gasteiger partial charge in [-0.05, 0) is 38.1 Å². The van der Waals surface area contributed by atoms with Crippen LogP contribution in [0.15, 0.2) is 29.2 Å². The molecule has 2 saturated heterocycles. The van der Waals surface area contributed by atoms with E-state index in [0.717, 1.165) is 4.90 Å². The molecule has 1 aromatic rings. The van der Waals surface area contributed by atoms with Crippen molar-refractivity contribution in [2.45, 2.75) is 42.6 Å².